The molecule has 4 rings (SSSR count). The van der Waals surface area contributed by atoms with Crippen LogP contribution in [-0.4, -0.2) is 61.6 Å². The number of nitrogens with zero attached hydrogens (tertiary/aromatic N) is 4. The number of hydrogen-bond donors (Lipinski definition) is 1. The van der Waals surface area contributed by atoms with Crippen LogP contribution in [0.15, 0.2) is 41.9 Å². The zero-order chi connectivity index (χ0) is 24.1. The quantitative estimate of drug-likeness (QED) is 0.464. The first-order valence-electron chi connectivity index (χ1n) is 11.4. The number of thiophene rings is 1. The largest absolute Gasteiger partial charge is 0.485 e. The highest BCUT2D eigenvalue weighted by Crippen LogP contribution is 2.31. The minimum absolute atomic E-state index is 0. The first-order valence-corrected chi connectivity index (χ1v) is 12.2. The first kappa shape index (κ1) is 26.8. The third-order valence-electron chi connectivity index (χ3n) is 5.91. The Morgan fingerprint density at radius 3 is 2.77 bits per heavy atom. The summed E-state index contributed by atoms with van der Waals surface area (Å²) in [5.74, 6) is 1.39. The van der Waals surface area contributed by atoms with Gasteiger partial charge in [-0.1, -0.05) is 18.2 Å². The van der Waals surface area contributed by atoms with E-state index in [-0.39, 0.29) is 31.5 Å². The summed E-state index contributed by atoms with van der Waals surface area (Å²) < 4.78 is 11.6. The number of carbonyl (C=O) groups is 1. The van der Waals surface area contributed by atoms with Crippen LogP contribution in [-0.2, 0) is 6.54 Å². The van der Waals surface area contributed by atoms with Gasteiger partial charge in [-0.3, -0.25) is 4.79 Å². The summed E-state index contributed by atoms with van der Waals surface area (Å²) in [7, 11) is 5.40. The summed E-state index contributed by atoms with van der Waals surface area (Å²) in [4.78, 5) is 26.8. The maximum atomic E-state index is 13.3. The smallest absolute Gasteiger partial charge is 0.318 e. The topological polar surface area (TPSA) is 79.8 Å². The second kappa shape index (κ2) is 12.2. The molecule has 0 spiro atoms. The third-order valence-corrected chi connectivity index (χ3v) is 6.88. The van der Waals surface area contributed by atoms with Crippen molar-refractivity contribution in [2.75, 3.05) is 45.7 Å². The number of benzene rings is 1. The summed E-state index contributed by atoms with van der Waals surface area (Å²) in [5.41, 5.74) is 2.60. The van der Waals surface area contributed by atoms with Crippen LogP contribution >= 0.6 is 24.8 Å². The molecule has 8 nitrogen and oxygen atoms in total. The van der Waals surface area contributed by atoms with Crippen molar-refractivity contribution in [1.29, 1.82) is 0 Å². The number of aromatic nitrogens is 2. The van der Waals surface area contributed by atoms with Gasteiger partial charge in [0.25, 0.3) is 5.91 Å². The Labute approximate surface area is 217 Å². The predicted molar refractivity (Wildman–Crippen MR) is 144 cm³/mol. The lowest BCUT2D eigenvalue weighted by Crippen LogP contribution is -2.33. The summed E-state index contributed by atoms with van der Waals surface area (Å²) in [6.45, 7) is 4.70. The van der Waals surface area contributed by atoms with Gasteiger partial charge in [0.1, 0.15) is 23.2 Å². The molecule has 0 radical (unpaired) electrons. The standard InChI is InChI=1S/C25H31N5O3S.H2S/c1-17-14-18(7-8-20(17)33-21(9-10-26-2)22-6-5-13-34-22)16-30-12-11-29(3)23-19(24(30)31)15-27-25(28-23)32-4;/h5-8,13-15,21,26H,9-12,16H2,1-4H3;1H2/t21-;/m0./s1. The molecule has 1 amide bonds. The van der Waals surface area contributed by atoms with Gasteiger partial charge >= 0.3 is 6.01 Å². The number of rotatable bonds is 9. The molecule has 1 aliphatic heterocycles. The van der Waals surface area contributed by atoms with Crippen molar-refractivity contribution in [3.05, 3.63) is 63.5 Å². The lowest BCUT2D eigenvalue weighted by atomic mass is 10.1. The Morgan fingerprint density at radius 2 is 2.09 bits per heavy atom. The molecule has 2 aromatic heterocycles. The fourth-order valence-corrected chi connectivity index (χ4v) is 4.81. The van der Waals surface area contributed by atoms with Crippen LogP contribution in [0.3, 0.4) is 0 Å². The Kier molecular flexibility index (Phi) is 9.36. The van der Waals surface area contributed by atoms with Gasteiger partial charge in [0, 0.05) is 44.2 Å². The molecule has 1 aliphatic rings. The van der Waals surface area contributed by atoms with Gasteiger partial charge in [0.05, 0.1) is 7.11 Å². The van der Waals surface area contributed by atoms with E-state index < -0.39 is 0 Å². The normalized spacial score (nSPS) is 14.1. The molecule has 3 aromatic rings. The maximum absolute atomic E-state index is 13.3. The highest BCUT2D eigenvalue weighted by molar-refractivity contribution is 7.59. The number of ether oxygens (including phenoxy) is 2. The number of nitrogens with one attached hydrogen (secondary N) is 1. The van der Waals surface area contributed by atoms with E-state index in [4.69, 9.17) is 9.47 Å². The SMILES string of the molecule is CNCC[C@H](Oc1ccc(CN2CCN(C)c3nc(OC)ncc3C2=O)cc1C)c1cccs1.S. The van der Waals surface area contributed by atoms with Crippen molar-refractivity contribution >= 4 is 36.6 Å². The number of hydrogen-bond acceptors (Lipinski definition) is 8. The monoisotopic (exact) mass is 515 g/mol. The Bertz CT molecular complexity index is 1130. The van der Waals surface area contributed by atoms with Gasteiger partial charge in [-0.25, -0.2) is 4.98 Å². The van der Waals surface area contributed by atoms with E-state index in [1.165, 1.54) is 12.0 Å². The molecule has 1 atom stereocenters. The molecule has 188 valence electrons. The van der Waals surface area contributed by atoms with Gasteiger partial charge in [-0.05, 0) is 49.2 Å². The van der Waals surface area contributed by atoms with Crippen LogP contribution in [0, 0.1) is 6.92 Å². The van der Waals surface area contributed by atoms with Crippen LogP contribution in [0.1, 0.15) is 38.9 Å². The minimum atomic E-state index is -0.0789. The van der Waals surface area contributed by atoms with Crippen LogP contribution < -0.4 is 19.7 Å². The minimum Gasteiger partial charge on any atom is -0.485 e. The summed E-state index contributed by atoms with van der Waals surface area (Å²) in [6, 6.07) is 10.6. The second-order valence-corrected chi connectivity index (χ2v) is 9.34. The molecule has 0 fully saturated rings. The van der Waals surface area contributed by atoms with Crippen molar-refractivity contribution in [3.8, 4) is 11.8 Å². The molecule has 35 heavy (non-hydrogen) atoms. The maximum Gasteiger partial charge on any atom is 0.318 e. The molecule has 0 aliphatic carbocycles. The van der Waals surface area contributed by atoms with E-state index in [1.807, 2.05) is 36.0 Å². The van der Waals surface area contributed by atoms with E-state index in [2.05, 4.69) is 45.8 Å². The number of fused-ring (bicyclic) bond motifs is 1. The molecule has 0 unspecified atom stereocenters. The highest BCUT2D eigenvalue weighted by Gasteiger charge is 2.27. The van der Waals surface area contributed by atoms with Crippen molar-refractivity contribution in [1.82, 2.24) is 20.2 Å². The van der Waals surface area contributed by atoms with Crippen LogP contribution in [0.25, 0.3) is 0 Å². The molecular weight excluding hydrogens is 482 g/mol. The van der Waals surface area contributed by atoms with Gasteiger partial charge in [-0.15, -0.1) is 11.3 Å². The summed E-state index contributed by atoms with van der Waals surface area (Å²) in [5, 5.41) is 5.29. The van der Waals surface area contributed by atoms with E-state index in [1.54, 1.807) is 17.5 Å². The van der Waals surface area contributed by atoms with Gasteiger partial charge in [0.15, 0.2) is 0 Å². The van der Waals surface area contributed by atoms with E-state index in [0.717, 1.165) is 29.8 Å². The van der Waals surface area contributed by atoms with Crippen LogP contribution in [0.5, 0.6) is 11.8 Å². The van der Waals surface area contributed by atoms with Gasteiger partial charge in [0.2, 0.25) is 0 Å². The van der Waals surface area contributed by atoms with E-state index in [0.29, 0.717) is 31.0 Å². The van der Waals surface area contributed by atoms with Crippen LogP contribution in [0.4, 0.5) is 5.82 Å². The Balaban J connectivity index is 0.00000342. The second-order valence-electron chi connectivity index (χ2n) is 8.36. The van der Waals surface area contributed by atoms with Gasteiger partial charge in [-0.2, -0.15) is 18.5 Å². The third kappa shape index (κ3) is 6.25. The first-order chi connectivity index (χ1) is 16.5. The molecule has 0 saturated heterocycles. The molecular formula is C25H33N5O3S2. The van der Waals surface area contributed by atoms with Crippen LogP contribution in [0.2, 0.25) is 0 Å². The van der Waals surface area contributed by atoms with Crippen molar-refractivity contribution in [2.45, 2.75) is 26.0 Å². The number of methoxy groups -OCH3 is 1. The number of aryl methyl sites for hydroxylation is 1. The number of likely N-dealkylation sites (N-methyl/N-ethyl adjacent to an activating group) is 1. The van der Waals surface area contributed by atoms with Crippen molar-refractivity contribution in [3.63, 3.8) is 0 Å². The van der Waals surface area contributed by atoms with Crippen molar-refractivity contribution in [2.24, 2.45) is 0 Å². The molecule has 0 saturated carbocycles. The number of anilines is 1. The van der Waals surface area contributed by atoms with Gasteiger partial charge < -0.3 is 24.6 Å². The zero-order valence-electron chi connectivity index (χ0n) is 20.6. The van der Waals surface area contributed by atoms with E-state index in [9.17, 15) is 4.79 Å². The Hall–Kier alpha value is -2.82. The zero-order valence-corrected chi connectivity index (χ0v) is 22.4. The summed E-state index contributed by atoms with van der Waals surface area (Å²) in [6.07, 6.45) is 2.45. The highest BCUT2D eigenvalue weighted by atomic mass is 32.1. The average Bonchev–Trinajstić information content (AvgIpc) is 3.36. The average molecular weight is 516 g/mol. The fraction of sp³-hybridized carbons (Fsp3) is 0.400. The number of amides is 1. The molecule has 1 aromatic carbocycles. The summed E-state index contributed by atoms with van der Waals surface area (Å²) >= 11 is 1.71. The Morgan fingerprint density at radius 1 is 1.26 bits per heavy atom. The molecule has 1 N–H and O–H groups in total. The molecule has 0 bridgehead atoms. The lowest BCUT2D eigenvalue weighted by Gasteiger charge is -2.23. The fourth-order valence-electron chi connectivity index (χ4n) is 4.02. The predicted octanol–water partition coefficient (Wildman–Crippen LogP) is 3.79. The number of carbonyl (C=O) groups excluding carboxylic acids is 1. The van der Waals surface area contributed by atoms with Crippen molar-refractivity contribution < 1.29 is 14.3 Å². The lowest BCUT2D eigenvalue weighted by molar-refractivity contribution is 0.0754. The molecule has 3 heterocycles. The van der Waals surface area contributed by atoms with E-state index >= 15 is 0 Å². The molecule has 10 heteroatoms.